The zero-order chi connectivity index (χ0) is 17.4. The third-order valence-electron chi connectivity index (χ3n) is 3.50. The molecule has 0 aliphatic carbocycles. The lowest BCUT2D eigenvalue weighted by molar-refractivity contribution is -0.115. The number of carbonyl (C=O) groups is 1. The molecule has 0 radical (unpaired) electrons. The molecule has 2 aliphatic heterocycles. The van der Waals surface area contributed by atoms with Crippen molar-refractivity contribution in [2.45, 2.75) is 0 Å². The van der Waals surface area contributed by atoms with Crippen LogP contribution in [0.3, 0.4) is 0 Å². The van der Waals surface area contributed by atoms with Crippen LogP contribution in [0.25, 0.3) is 6.08 Å². The zero-order valence-electron chi connectivity index (χ0n) is 12.6. The molecule has 2 aromatic carbocycles. The largest absolute Gasteiger partial charge is 0.454 e. The van der Waals surface area contributed by atoms with Crippen molar-refractivity contribution in [2.24, 2.45) is 4.99 Å². The molecule has 1 fully saturated rings. The van der Waals surface area contributed by atoms with E-state index in [1.54, 1.807) is 18.2 Å². The molecule has 2 aromatic rings. The van der Waals surface area contributed by atoms with Gasteiger partial charge in [0.15, 0.2) is 16.7 Å². The summed E-state index contributed by atoms with van der Waals surface area (Å²) < 4.78 is 11.5. The molecule has 0 unspecified atom stereocenters. The van der Waals surface area contributed by atoms with Gasteiger partial charge in [0.1, 0.15) is 0 Å². The first-order chi connectivity index (χ1) is 12.1. The van der Waals surface area contributed by atoms with E-state index >= 15 is 0 Å². The van der Waals surface area contributed by atoms with Crippen molar-refractivity contribution < 1.29 is 14.3 Å². The molecule has 8 heteroatoms. The minimum Gasteiger partial charge on any atom is -0.454 e. The first kappa shape index (κ1) is 16.5. The number of rotatable bonds is 2. The third kappa shape index (κ3) is 3.40. The Morgan fingerprint density at radius 1 is 1.24 bits per heavy atom. The minimum absolute atomic E-state index is 0.200. The lowest BCUT2D eigenvalue weighted by atomic mass is 10.2. The van der Waals surface area contributed by atoms with Gasteiger partial charge in [0, 0.05) is 4.47 Å². The van der Waals surface area contributed by atoms with Crippen molar-refractivity contribution in [3.8, 4) is 11.5 Å². The molecule has 0 atom stereocenters. The van der Waals surface area contributed by atoms with E-state index in [2.05, 4.69) is 26.2 Å². The molecule has 0 saturated carbocycles. The monoisotopic (exact) mass is 436 g/mol. The van der Waals surface area contributed by atoms with Crippen LogP contribution in [0.5, 0.6) is 11.5 Å². The average Bonchev–Trinajstić information content (AvgIpc) is 3.16. The van der Waals surface area contributed by atoms with Gasteiger partial charge in [0.25, 0.3) is 5.91 Å². The number of ether oxygens (including phenoxy) is 2. The summed E-state index contributed by atoms with van der Waals surface area (Å²) in [4.78, 5) is 17.2. The number of carbonyl (C=O) groups excluding carboxylic acids is 1. The second kappa shape index (κ2) is 6.74. The summed E-state index contributed by atoms with van der Waals surface area (Å²) in [5.41, 5.74) is 1.43. The predicted molar refractivity (Wildman–Crippen MR) is 103 cm³/mol. The number of hydrogen-bond donors (Lipinski definition) is 1. The molecule has 126 valence electrons. The average molecular weight is 438 g/mol. The second-order valence-corrected chi connectivity index (χ2v) is 7.45. The molecule has 1 N–H and O–H groups in total. The molecule has 0 aromatic heterocycles. The van der Waals surface area contributed by atoms with Gasteiger partial charge in [0.05, 0.1) is 15.6 Å². The summed E-state index contributed by atoms with van der Waals surface area (Å²) in [5, 5.41) is 3.76. The van der Waals surface area contributed by atoms with Crippen LogP contribution in [0.2, 0.25) is 5.02 Å². The van der Waals surface area contributed by atoms with Crippen molar-refractivity contribution in [1.82, 2.24) is 5.32 Å². The van der Waals surface area contributed by atoms with Gasteiger partial charge in [-0.2, -0.15) is 0 Å². The highest BCUT2D eigenvalue weighted by atomic mass is 79.9. The standard InChI is InChI=1S/C17H10BrClN2O3S/c18-10-7-14-13(23-8-24-14)5-9(10)6-15-16(22)21-17(25-15)20-12-4-2-1-3-11(12)19/h1-7H,8H2,(H,20,21,22)/b15-6-. The number of fused-ring (bicyclic) bond motifs is 1. The molecule has 2 heterocycles. The van der Waals surface area contributed by atoms with E-state index in [1.807, 2.05) is 24.3 Å². The Morgan fingerprint density at radius 2 is 2.00 bits per heavy atom. The maximum absolute atomic E-state index is 12.2. The van der Waals surface area contributed by atoms with Gasteiger partial charge < -0.3 is 14.8 Å². The second-order valence-electron chi connectivity index (χ2n) is 5.16. The number of nitrogens with one attached hydrogen (secondary N) is 1. The van der Waals surface area contributed by atoms with Crippen molar-refractivity contribution >= 4 is 62.1 Å². The first-order valence-corrected chi connectivity index (χ1v) is 9.22. The molecule has 2 aliphatic rings. The van der Waals surface area contributed by atoms with E-state index in [0.717, 1.165) is 10.0 Å². The highest BCUT2D eigenvalue weighted by Gasteiger charge is 2.25. The summed E-state index contributed by atoms with van der Waals surface area (Å²) in [6, 6.07) is 10.9. The number of halogens is 2. The fraction of sp³-hybridized carbons (Fsp3) is 0.0588. The third-order valence-corrected chi connectivity index (χ3v) is 5.42. The Hall–Kier alpha value is -1.96. The Kier molecular flexibility index (Phi) is 4.45. The molecular weight excluding hydrogens is 428 g/mol. The van der Waals surface area contributed by atoms with Crippen LogP contribution >= 0.6 is 39.3 Å². The van der Waals surface area contributed by atoms with Crippen molar-refractivity contribution in [3.05, 3.63) is 56.4 Å². The first-order valence-electron chi connectivity index (χ1n) is 7.23. The number of aliphatic imine (C=N–C) groups is 1. The zero-order valence-corrected chi connectivity index (χ0v) is 15.7. The Morgan fingerprint density at radius 3 is 2.80 bits per heavy atom. The Labute approximate surface area is 161 Å². The van der Waals surface area contributed by atoms with E-state index in [-0.39, 0.29) is 12.7 Å². The number of nitrogens with zero attached hydrogens (tertiary/aromatic N) is 1. The molecule has 5 nitrogen and oxygen atoms in total. The van der Waals surface area contributed by atoms with Gasteiger partial charge in [-0.25, -0.2) is 4.99 Å². The molecule has 0 bridgehead atoms. The van der Waals surface area contributed by atoms with Gasteiger partial charge >= 0.3 is 0 Å². The van der Waals surface area contributed by atoms with Crippen molar-refractivity contribution in [2.75, 3.05) is 6.79 Å². The fourth-order valence-electron chi connectivity index (χ4n) is 2.32. The van der Waals surface area contributed by atoms with E-state index in [4.69, 9.17) is 21.1 Å². The molecule has 25 heavy (non-hydrogen) atoms. The number of para-hydroxylation sites is 1. The van der Waals surface area contributed by atoms with Crippen molar-refractivity contribution in [1.29, 1.82) is 0 Å². The summed E-state index contributed by atoms with van der Waals surface area (Å²) in [5.74, 6) is 1.13. The predicted octanol–water partition coefficient (Wildman–Crippen LogP) is 4.72. The Balaban J connectivity index is 1.63. The summed E-state index contributed by atoms with van der Waals surface area (Å²) in [6.07, 6.45) is 1.78. The molecule has 0 spiro atoms. The normalized spacial score (nSPS) is 18.9. The molecule has 4 rings (SSSR count). The summed E-state index contributed by atoms with van der Waals surface area (Å²) >= 11 is 10.8. The van der Waals surface area contributed by atoms with Crippen LogP contribution in [0, 0.1) is 0 Å². The topological polar surface area (TPSA) is 59.9 Å². The van der Waals surface area contributed by atoms with Crippen LogP contribution in [0.15, 0.2) is 50.8 Å². The lowest BCUT2D eigenvalue weighted by Crippen LogP contribution is -2.19. The summed E-state index contributed by atoms with van der Waals surface area (Å²) in [7, 11) is 0. The van der Waals surface area contributed by atoms with Crippen LogP contribution < -0.4 is 14.8 Å². The smallest absolute Gasteiger partial charge is 0.264 e. The van der Waals surface area contributed by atoms with Gasteiger partial charge in [-0.1, -0.05) is 39.7 Å². The van der Waals surface area contributed by atoms with E-state index in [9.17, 15) is 4.79 Å². The van der Waals surface area contributed by atoms with Crippen LogP contribution in [-0.2, 0) is 4.79 Å². The number of thioether (sulfide) groups is 1. The maximum Gasteiger partial charge on any atom is 0.264 e. The van der Waals surface area contributed by atoms with Gasteiger partial charge in [-0.15, -0.1) is 0 Å². The fourth-order valence-corrected chi connectivity index (χ4v) is 3.76. The molecular formula is C17H10BrClN2O3S. The van der Waals surface area contributed by atoms with E-state index in [0.29, 0.717) is 32.3 Å². The summed E-state index contributed by atoms with van der Waals surface area (Å²) in [6.45, 7) is 0.200. The Bertz CT molecular complexity index is 945. The number of benzene rings is 2. The minimum atomic E-state index is -0.208. The lowest BCUT2D eigenvalue weighted by Gasteiger charge is -2.02. The molecule has 1 saturated heterocycles. The molecule has 1 amide bonds. The van der Waals surface area contributed by atoms with Crippen molar-refractivity contribution in [3.63, 3.8) is 0 Å². The number of hydrogen-bond acceptors (Lipinski definition) is 5. The maximum atomic E-state index is 12.2. The van der Waals surface area contributed by atoms with Crippen LogP contribution in [0.4, 0.5) is 5.69 Å². The SMILES string of the molecule is O=C1NC(=Nc2ccccc2Cl)S/C1=C\c1cc2c(cc1Br)OCO2. The highest BCUT2D eigenvalue weighted by Crippen LogP contribution is 2.39. The van der Waals surface area contributed by atoms with Crippen LogP contribution in [-0.4, -0.2) is 17.9 Å². The van der Waals surface area contributed by atoms with E-state index < -0.39 is 0 Å². The van der Waals surface area contributed by atoms with Gasteiger partial charge in [-0.05, 0) is 47.7 Å². The van der Waals surface area contributed by atoms with Gasteiger partial charge in [0.2, 0.25) is 6.79 Å². The number of amides is 1. The van der Waals surface area contributed by atoms with Crippen LogP contribution in [0.1, 0.15) is 5.56 Å². The quantitative estimate of drug-likeness (QED) is 0.691. The number of amidine groups is 1. The van der Waals surface area contributed by atoms with E-state index in [1.165, 1.54) is 11.8 Å². The highest BCUT2D eigenvalue weighted by molar-refractivity contribution is 9.10. The van der Waals surface area contributed by atoms with Gasteiger partial charge in [-0.3, -0.25) is 4.79 Å².